The van der Waals surface area contributed by atoms with Gasteiger partial charge in [0.05, 0.1) is 5.69 Å². The highest BCUT2D eigenvalue weighted by molar-refractivity contribution is 9.10. The maximum absolute atomic E-state index is 8.93. The number of anilines is 2. The molecule has 4 heteroatoms. The molecule has 1 fully saturated rings. The Hall–Kier alpha value is -0.740. The minimum atomic E-state index is 0.293. The Morgan fingerprint density at radius 1 is 1.50 bits per heavy atom. The molecule has 1 heterocycles. The first-order valence-electron chi connectivity index (χ1n) is 5.61. The van der Waals surface area contributed by atoms with Gasteiger partial charge in [0.15, 0.2) is 0 Å². The quantitative estimate of drug-likeness (QED) is 0.837. The van der Waals surface area contributed by atoms with Crippen LogP contribution in [0.25, 0.3) is 0 Å². The number of aliphatic hydroxyl groups is 1. The van der Waals surface area contributed by atoms with Gasteiger partial charge >= 0.3 is 0 Å². The molecule has 1 aliphatic rings. The van der Waals surface area contributed by atoms with E-state index >= 15 is 0 Å². The van der Waals surface area contributed by atoms with Crippen LogP contribution in [0, 0.1) is 5.92 Å². The molecule has 16 heavy (non-hydrogen) atoms. The molecule has 0 spiro atoms. The normalized spacial score (nSPS) is 20.4. The van der Waals surface area contributed by atoms with E-state index < -0.39 is 0 Å². The predicted molar refractivity (Wildman–Crippen MR) is 70.6 cm³/mol. The van der Waals surface area contributed by atoms with Crippen molar-refractivity contribution in [3.63, 3.8) is 0 Å². The predicted octanol–water partition coefficient (Wildman–Crippen LogP) is 2.24. The van der Waals surface area contributed by atoms with Crippen LogP contribution in [0.1, 0.15) is 12.8 Å². The van der Waals surface area contributed by atoms with Gasteiger partial charge in [-0.25, -0.2) is 0 Å². The average molecular weight is 285 g/mol. The van der Waals surface area contributed by atoms with Crippen LogP contribution in [-0.2, 0) is 0 Å². The fourth-order valence-corrected chi connectivity index (χ4v) is 2.90. The Bertz CT molecular complexity index is 370. The molecule has 0 bridgehead atoms. The number of aliphatic hydroxyl groups excluding tert-OH is 1. The van der Waals surface area contributed by atoms with E-state index in [1.54, 1.807) is 0 Å². The van der Waals surface area contributed by atoms with Crippen molar-refractivity contribution in [2.24, 2.45) is 5.92 Å². The molecule has 3 nitrogen and oxygen atoms in total. The molecule has 0 radical (unpaired) electrons. The van der Waals surface area contributed by atoms with Gasteiger partial charge in [-0.1, -0.05) is 0 Å². The maximum Gasteiger partial charge on any atom is 0.0512 e. The van der Waals surface area contributed by atoms with Gasteiger partial charge in [-0.3, -0.25) is 0 Å². The molecule has 2 rings (SSSR count). The second-order valence-corrected chi connectivity index (χ2v) is 5.18. The summed E-state index contributed by atoms with van der Waals surface area (Å²) in [4.78, 5) is 2.35. The Balaban J connectivity index is 2.08. The third-order valence-electron chi connectivity index (χ3n) is 3.14. The van der Waals surface area contributed by atoms with Crippen molar-refractivity contribution in [1.29, 1.82) is 0 Å². The van der Waals surface area contributed by atoms with Crippen molar-refractivity contribution in [3.05, 3.63) is 22.7 Å². The van der Waals surface area contributed by atoms with E-state index in [4.69, 9.17) is 10.8 Å². The monoisotopic (exact) mass is 284 g/mol. The van der Waals surface area contributed by atoms with Crippen LogP contribution < -0.4 is 10.6 Å². The van der Waals surface area contributed by atoms with E-state index in [0.29, 0.717) is 12.5 Å². The third kappa shape index (κ3) is 2.50. The lowest BCUT2D eigenvalue weighted by Gasteiger charge is -2.20. The average Bonchev–Trinajstić information content (AvgIpc) is 2.67. The van der Waals surface area contributed by atoms with Gasteiger partial charge in [-0.05, 0) is 52.9 Å². The molecule has 0 amide bonds. The maximum atomic E-state index is 8.93. The van der Waals surface area contributed by atoms with Gasteiger partial charge < -0.3 is 15.7 Å². The van der Waals surface area contributed by atoms with Crippen LogP contribution in [0.4, 0.5) is 11.4 Å². The van der Waals surface area contributed by atoms with Crippen molar-refractivity contribution >= 4 is 27.3 Å². The van der Waals surface area contributed by atoms with Crippen LogP contribution in [0.15, 0.2) is 22.7 Å². The van der Waals surface area contributed by atoms with Crippen LogP contribution in [0.3, 0.4) is 0 Å². The van der Waals surface area contributed by atoms with Crippen molar-refractivity contribution in [3.8, 4) is 0 Å². The lowest BCUT2D eigenvalue weighted by atomic mass is 10.1. The summed E-state index contributed by atoms with van der Waals surface area (Å²) in [6.45, 7) is 2.39. The van der Waals surface area contributed by atoms with Gasteiger partial charge in [0, 0.05) is 29.9 Å². The Labute approximate surface area is 104 Å². The van der Waals surface area contributed by atoms with Crippen molar-refractivity contribution < 1.29 is 5.11 Å². The van der Waals surface area contributed by atoms with Crippen molar-refractivity contribution in [1.82, 2.24) is 0 Å². The Kier molecular flexibility index (Phi) is 3.71. The first kappa shape index (κ1) is 11.7. The standard InChI is InChI=1S/C12H17BrN2O/c13-11-7-10(14)1-2-12(11)15-5-3-9(8-15)4-6-16/h1-2,7,9,16H,3-6,8,14H2. The number of nitrogen functional groups attached to an aromatic ring is 1. The molecule has 1 atom stereocenters. The number of hydrogen-bond donors (Lipinski definition) is 2. The summed E-state index contributed by atoms with van der Waals surface area (Å²) in [6, 6.07) is 5.93. The second-order valence-electron chi connectivity index (χ2n) is 4.32. The summed E-state index contributed by atoms with van der Waals surface area (Å²) in [5.74, 6) is 0.620. The van der Waals surface area contributed by atoms with E-state index in [1.165, 1.54) is 5.69 Å². The molecule has 1 aromatic carbocycles. The molecule has 1 unspecified atom stereocenters. The topological polar surface area (TPSA) is 49.5 Å². The molecule has 1 aromatic rings. The smallest absolute Gasteiger partial charge is 0.0512 e. The zero-order valence-electron chi connectivity index (χ0n) is 9.19. The van der Waals surface area contributed by atoms with E-state index in [2.05, 4.69) is 26.9 Å². The van der Waals surface area contributed by atoms with Crippen LogP contribution in [0.5, 0.6) is 0 Å². The first-order valence-corrected chi connectivity index (χ1v) is 6.41. The van der Waals surface area contributed by atoms with Crippen LogP contribution in [-0.4, -0.2) is 24.8 Å². The van der Waals surface area contributed by atoms with Crippen LogP contribution >= 0.6 is 15.9 Å². The largest absolute Gasteiger partial charge is 0.399 e. The number of halogens is 1. The number of hydrogen-bond acceptors (Lipinski definition) is 3. The molecule has 0 aromatic heterocycles. The van der Waals surface area contributed by atoms with E-state index in [9.17, 15) is 0 Å². The molecule has 0 aliphatic carbocycles. The Morgan fingerprint density at radius 2 is 2.31 bits per heavy atom. The molecule has 0 saturated carbocycles. The van der Waals surface area contributed by atoms with Gasteiger partial charge in [0.2, 0.25) is 0 Å². The van der Waals surface area contributed by atoms with E-state index in [0.717, 1.165) is 36.1 Å². The lowest BCUT2D eigenvalue weighted by molar-refractivity contribution is 0.263. The lowest BCUT2D eigenvalue weighted by Crippen LogP contribution is -2.20. The Morgan fingerprint density at radius 3 is 3.00 bits per heavy atom. The molecular weight excluding hydrogens is 268 g/mol. The molecule has 3 N–H and O–H groups in total. The van der Waals surface area contributed by atoms with Crippen molar-refractivity contribution in [2.45, 2.75) is 12.8 Å². The van der Waals surface area contributed by atoms with E-state index in [1.807, 2.05) is 12.1 Å². The van der Waals surface area contributed by atoms with E-state index in [-0.39, 0.29) is 0 Å². The fraction of sp³-hybridized carbons (Fsp3) is 0.500. The molecule has 88 valence electrons. The zero-order chi connectivity index (χ0) is 11.5. The SMILES string of the molecule is Nc1ccc(N2CCC(CCO)C2)c(Br)c1. The van der Waals surface area contributed by atoms with Crippen LogP contribution in [0.2, 0.25) is 0 Å². The summed E-state index contributed by atoms with van der Waals surface area (Å²) in [5.41, 5.74) is 7.70. The highest BCUT2D eigenvalue weighted by atomic mass is 79.9. The van der Waals surface area contributed by atoms with Gasteiger partial charge in [-0.15, -0.1) is 0 Å². The highest BCUT2D eigenvalue weighted by Crippen LogP contribution is 2.32. The molecular formula is C12H17BrN2O. The third-order valence-corrected chi connectivity index (χ3v) is 3.77. The number of rotatable bonds is 3. The second kappa shape index (κ2) is 5.06. The summed E-state index contributed by atoms with van der Waals surface area (Å²) >= 11 is 3.54. The summed E-state index contributed by atoms with van der Waals surface area (Å²) in [6.07, 6.45) is 2.07. The highest BCUT2D eigenvalue weighted by Gasteiger charge is 2.23. The zero-order valence-corrected chi connectivity index (χ0v) is 10.8. The number of benzene rings is 1. The minimum Gasteiger partial charge on any atom is -0.399 e. The first-order chi connectivity index (χ1) is 7.70. The van der Waals surface area contributed by atoms with Gasteiger partial charge in [0.1, 0.15) is 0 Å². The van der Waals surface area contributed by atoms with Gasteiger partial charge in [0.25, 0.3) is 0 Å². The minimum absolute atomic E-state index is 0.293. The van der Waals surface area contributed by atoms with Crippen molar-refractivity contribution in [2.75, 3.05) is 30.3 Å². The number of nitrogens with two attached hydrogens (primary N) is 1. The summed E-state index contributed by atoms with van der Waals surface area (Å²) in [5, 5.41) is 8.93. The summed E-state index contributed by atoms with van der Waals surface area (Å²) < 4.78 is 1.05. The fourth-order valence-electron chi connectivity index (χ4n) is 2.25. The summed E-state index contributed by atoms with van der Waals surface area (Å²) in [7, 11) is 0. The number of nitrogens with zero attached hydrogens (tertiary/aromatic N) is 1. The van der Waals surface area contributed by atoms with Gasteiger partial charge in [-0.2, -0.15) is 0 Å². The molecule has 1 aliphatic heterocycles. The molecule has 1 saturated heterocycles.